The predicted molar refractivity (Wildman–Crippen MR) is 77.6 cm³/mol. The van der Waals surface area contributed by atoms with Crippen molar-refractivity contribution in [2.45, 2.75) is 20.0 Å². The van der Waals surface area contributed by atoms with Gasteiger partial charge < -0.3 is 10.2 Å². The molecule has 0 amide bonds. The Morgan fingerprint density at radius 3 is 2.84 bits per heavy atom. The number of guanidine groups is 1. The molecule has 2 aromatic rings. The van der Waals surface area contributed by atoms with Crippen LogP contribution in [-0.2, 0) is 13.1 Å². The molecular weight excluding hydrogens is 234 g/mol. The lowest BCUT2D eigenvalue weighted by atomic mass is 10.1. The third kappa shape index (κ3) is 1.70. The van der Waals surface area contributed by atoms with Crippen molar-refractivity contribution in [2.75, 3.05) is 5.32 Å². The fourth-order valence-electron chi connectivity index (χ4n) is 2.76. The van der Waals surface area contributed by atoms with Crippen molar-refractivity contribution in [1.29, 1.82) is 0 Å². The SMILES string of the molecule is Cc1ccc2c(c1)CN1Cc3ccccc3NC1=N2. The Balaban J connectivity index is 1.79. The highest BCUT2D eigenvalue weighted by Gasteiger charge is 2.25. The molecule has 19 heavy (non-hydrogen) atoms. The number of rotatable bonds is 0. The molecule has 2 heterocycles. The first kappa shape index (κ1) is 10.6. The number of anilines is 1. The van der Waals surface area contributed by atoms with Crippen LogP contribution in [0.4, 0.5) is 11.4 Å². The van der Waals surface area contributed by atoms with Crippen LogP contribution >= 0.6 is 0 Å². The van der Waals surface area contributed by atoms with E-state index in [1.807, 2.05) is 0 Å². The van der Waals surface area contributed by atoms with E-state index in [9.17, 15) is 0 Å². The molecule has 0 spiro atoms. The molecule has 0 bridgehead atoms. The Bertz CT molecular complexity index is 688. The van der Waals surface area contributed by atoms with Crippen LogP contribution in [0.3, 0.4) is 0 Å². The zero-order valence-electron chi connectivity index (χ0n) is 10.9. The maximum absolute atomic E-state index is 4.74. The molecule has 3 nitrogen and oxygen atoms in total. The summed E-state index contributed by atoms with van der Waals surface area (Å²) in [6.45, 7) is 3.98. The van der Waals surface area contributed by atoms with Gasteiger partial charge in [-0.1, -0.05) is 35.9 Å². The van der Waals surface area contributed by atoms with Crippen LogP contribution in [0.5, 0.6) is 0 Å². The molecule has 1 N–H and O–H groups in total. The standard InChI is InChI=1S/C16H15N3/c1-11-6-7-15-13(8-11)10-19-9-12-4-2-3-5-14(12)17-16(19)18-15/h2-8H,9-10H2,1H3,(H,17,18). The van der Waals surface area contributed by atoms with Gasteiger partial charge in [0.2, 0.25) is 5.96 Å². The van der Waals surface area contributed by atoms with Crippen molar-refractivity contribution in [3.05, 3.63) is 59.2 Å². The monoisotopic (exact) mass is 249 g/mol. The highest BCUT2D eigenvalue weighted by atomic mass is 15.3. The van der Waals surface area contributed by atoms with Crippen LogP contribution < -0.4 is 5.32 Å². The summed E-state index contributed by atoms with van der Waals surface area (Å²) in [6.07, 6.45) is 0. The summed E-state index contributed by atoms with van der Waals surface area (Å²) < 4.78 is 0. The Morgan fingerprint density at radius 2 is 1.89 bits per heavy atom. The summed E-state index contributed by atoms with van der Waals surface area (Å²) in [4.78, 5) is 7.03. The summed E-state index contributed by atoms with van der Waals surface area (Å²) in [5.41, 5.74) is 6.20. The minimum absolute atomic E-state index is 0.926. The first-order valence-corrected chi connectivity index (χ1v) is 6.58. The molecule has 0 saturated heterocycles. The van der Waals surface area contributed by atoms with Gasteiger partial charge in [-0.2, -0.15) is 0 Å². The number of benzene rings is 2. The molecular formula is C16H15N3. The quantitative estimate of drug-likeness (QED) is 0.774. The number of nitrogens with one attached hydrogen (secondary N) is 1. The van der Waals surface area contributed by atoms with Crippen molar-refractivity contribution in [1.82, 2.24) is 4.90 Å². The topological polar surface area (TPSA) is 27.6 Å². The summed E-state index contributed by atoms with van der Waals surface area (Å²) in [5, 5.41) is 3.43. The lowest BCUT2D eigenvalue weighted by Crippen LogP contribution is -2.40. The number of aryl methyl sites for hydroxylation is 1. The minimum Gasteiger partial charge on any atom is -0.334 e. The van der Waals surface area contributed by atoms with Crippen LogP contribution in [0.15, 0.2) is 47.5 Å². The molecule has 4 rings (SSSR count). The van der Waals surface area contributed by atoms with E-state index in [4.69, 9.17) is 4.99 Å². The van der Waals surface area contributed by atoms with Crippen molar-refractivity contribution in [3.8, 4) is 0 Å². The predicted octanol–water partition coefficient (Wildman–Crippen LogP) is 3.42. The molecule has 3 heteroatoms. The maximum Gasteiger partial charge on any atom is 0.204 e. The van der Waals surface area contributed by atoms with Gasteiger partial charge in [0.1, 0.15) is 0 Å². The normalized spacial score (nSPS) is 15.8. The van der Waals surface area contributed by atoms with Crippen molar-refractivity contribution >= 4 is 17.3 Å². The third-order valence-electron chi connectivity index (χ3n) is 3.75. The summed E-state index contributed by atoms with van der Waals surface area (Å²) in [7, 11) is 0. The van der Waals surface area contributed by atoms with Gasteiger partial charge >= 0.3 is 0 Å². The molecule has 2 aliphatic heterocycles. The van der Waals surface area contributed by atoms with E-state index in [2.05, 4.69) is 59.6 Å². The van der Waals surface area contributed by atoms with Crippen LogP contribution in [-0.4, -0.2) is 10.9 Å². The van der Waals surface area contributed by atoms with Crippen LogP contribution in [0.25, 0.3) is 0 Å². The Morgan fingerprint density at radius 1 is 1.05 bits per heavy atom. The molecule has 2 aliphatic rings. The van der Waals surface area contributed by atoms with Gasteiger partial charge in [0.25, 0.3) is 0 Å². The summed E-state index contributed by atoms with van der Waals surface area (Å²) >= 11 is 0. The van der Waals surface area contributed by atoms with E-state index >= 15 is 0 Å². The van der Waals surface area contributed by atoms with E-state index in [0.29, 0.717) is 0 Å². The zero-order valence-corrected chi connectivity index (χ0v) is 10.9. The van der Waals surface area contributed by atoms with E-state index in [1.165, 1.54) is 22.4 Å². The van der Waals surface area contributed by atoms with E-state index in [-0.39, 0.29) is 0 Å². The average molecular weight is 249 g/mol. The van der Waals surface area contributed by atoms with Crippen LogP contribution in [0.2, 0.25) is 0 Å². The molecule has 0 aliphatic carbocycles. The minimum atomic E-state index is 0.926. The Labute approximate surface area is 112 Å². The van der Waals surface area contributed by atoms with Gasteiger partial charge in [-0.3, -0.25) is 0 Å². The largest absolute Gasteiger partial charge is 0.334 e. The number of nitrogens with zero attached hydrogens (tertiary/aromatic N) is 2. The lowest BCUT2D eigenvalue weighted by molar-refractivity contribution is 0.394. The lowest BCUT2D eigenvalue weighted by Gasteiger charge is -2.35. The van der Waals surface area contributed by atoms with E-state index in [1.54, 1.807) is 0 Å². The Kier molecular flexibility index (Phi) is 2.15. The average Bonchev–Trinajstić information content (AvgIpc) is 2.43. The molecule has 0 radical (unpaired) electrons. The molecule has 2 aromatic carbocycles. The molecule has 0 fully saturated rings. The van der Waals surface area contributed by atoms with Crippen LogP contribution in [0.1, 0.15) is 16.7 Å². The molecule has 94 valence electrons. The van der Waals surface area contributed by atoms with Crippen LogP contribution in [0, 0.1) is 6.92 Å². The highest BCUT2D eigenvalue weighted by Crippen LogP contribution is 2.32. The first-order chi connectivity index (χ1) is 9.29. The number of hydrogen-bond acceptors (Lipinski definition) is 3. The zero-order chi connectivity index (χ0) is 12.8. The Hall–Kier alpha value is -2.29. The molecule has 0 atom stereocenters. The van der Waals surface area contributed by atoms with Gasteiger partial charge in [0.15, 0.2) is 0 Å². The third-order valence-corrected chi connectivity index (χ3v) is 3.75. The number of hydrogen-bond donors (Lipinski definition) is 1. The highest BCUT2D eigenvalue weighted by molar-refractivity contribution is 5.98. The van der Waals surface area contributed by atoms with Gasteiger partial charge in [-0.25, -0.2) is 4.99 Å². The second-order valence-electron chi connectivity index (χ2n) is 5.21. The number of fused-ring (bicyclic) bond motifs is 3. The van der Waals surface area contributed by atoms with Crippen molar-refractivity contribution in [3.63, 3.8) is 0 Å². The van der Waals surface area contributed by atoms with Gasteiger partial charge in [0.05, 0.1) is 5.69 Å². The number of aliphatic imine (C=N–C) groups is 1. The molecule has 0 aromatic heterocycles. The van der Waals surface area contributed by atoms with Crippen molar-refractivity contribution in [2.24, 2.45) is 4.99 Å². The first-order valence-electron chi connectivity index (χ1n) is 6.58. The van der Waals surface area contributed by atoms with Crippen molar-refractivity contribution < 1.29 is 0 Å². The van der Waals surface area contributed by atoms with E-state index < -0.39 is 0 Å². The van der Waals surface area contributed by atoms with E-state index in [0.717, 1.165) is 24.7 Å². The molecule has 0 unspecified atom stereocenters. The van der Waals surface area contributed by atoms with Gasteiger partial charge in [0, 0.05) is 18.8 Å². The molecule has 0 saturated carbocycles. The summed E-state index contributed by atoms with van der Waals surface area (Å²) in [6, 6.07) is 14.9. The van der Waals surface area contributed by atoms with Gasteiger partial charge in [-0.15, -0.1) is 0 Å². The van der Waals surface area contributed by atoms with Gasteiger partial charge in [-0.05, 0) is 30.2 Å². The second kappa shape index (κ2) is 3.85. The maximum atomic E-state index is 4.74. The summed E-state index contributed by atoms with van der Waals surface area (Å²) in [5.74, 6) is 0.968. The number of para-hydroxylation sites is 1. The second-order valence-corrected chi connectivity index (χ2v) is 5.21. The fraction of sp³-hybridized carbons (Fsp3) is 0.188. The fourth-order valence-corrected chi connectivity index (χ4v) is 2.76. The smallest absolute Gasteiger partial charge is 0.204 e.